The SMILES string of the molecule is CCCCCCCN1CCCC(C(C)CC(=O)O)C1. The Morgan fingerprint density at radius 1 is 1.32 bits per heavy atom. The first-order chi connectivity index (χ1) is 9.13. The molecular formula is C16H31NO2. The standard InChI is InChI=1S/C16H31NO2/c1-3-4-5-6-7-10-17-11-8-9-15(13-17)14(2)12-16(18)19/h14-15H,3-13H2,1-2H3,(H,18,19). The predicted octanol–water partition coefficient (Wildman–Crippen LogP) is 3.78. The van der Waals surface area contributed by atoms with Gasteiger partial charge in [0.15, 0.2) is 0 Å². The highest BCUT2D eigenvalue weighted by atomic mass is 16.4. The summed E-state index contributed by atoms with van der Waals surface area (Å²) in [5.74, 6) is 0.255. The minimum Gasteiger partial charge on any atom is -0.481 e. The average Bonchev–Trinajstić information content (AvgIpc) is 2.38. The van der Waals surface area contributed by atoms with Crippen LogP contribution in [0.4, 0.5) is 0 Å². The summed E-state index contributed by atoms with van der Waals surface area (Å²) >= 11 is 0. The van der Waals surface area contributed by atoms with Gasteiger partial charge in [-0.2, -0.15) is 0 Å². The molecule has 112 valence electrons. The molecule has 0 aromatic heterocycles. The summed E-state index contributed by atoms with van der Waals surface area (Å²) in [4.78, 5) is 13.3. The molecule has 1 N–H and O–H groups in total. The van der Waals surface area contributed by atoms with Crippen molar-refractivity contribution in [2.24, 2.45) is 11.8 Å². The zero-order valence-electron chi connectivity index (χ0n) is 12.7. The highest BCUT2D eigenvalue weighted by molar-refractivity contribution is 5.66. The van der Waals surface area contributed by atoms with Crippen LogP contribution in [0.25, 0.3) is 0 Å². The first-order valence-electron chi connectivity index (χ1n) is 8.07. The Bertz CT molecular complexity index is 255. The minimum atomic E-state index is -0.649. The van der Waals surface area contributed by atoms with Crippen LogP contribution in [0.5, 0.6) is 0 Å². The van der Waals surface area contributed by atoms with Gasteiger partial charge in [-0.05, 0) is 44.2 Å². The molecule has 1 aliphatic heterocycles. The lowest BCUT2D eigenvalue weighted by atomic mass is 9.84. The van der Waals surface area contributed by atoms with E-state index in [4.69, 9.17) is 5.11 Å². The molecule has 2 atom stereocenters. The Kier molecular flexibility index (Phi) is 8.11. The molecule has 1 heterocycles. The van der Waals surface area contributed by atoms with Gasteiger partial charge in [0, 0.05) is 13.0 Å². The van der Waals surface area contributed by atoms with E-state index in [0.29, 0.717) is 18.3 Å². The van der Waals surface area contributed by atoms with Crippen LogP contribution in [0, 0.1) is 11.8 Å². The van der Waals surface area contributed by atoms with Crippen molar-refractivity contribution in [3.05, 3.63) is 0 Å². The third-order valence-electron chi connectivity index (χ3n) is 4.42. The molecular weight excluding hydrogens is 238 g/mol. The molecule has 1 fully saturated rings. The van der Waals surface area contributed by atoms with Crippen molar-refractivity contribution < 1.29 is 9.90 Å². The lowest BCUT2D eigenvalue weighted by molar-refractivity contribution is -0.138. The van der Waals surface area contributed by atoms with E-state index in [2.05, 4.69) is 18.7 Å². The molecule has 0 radical (unpaired) electrons. The van der Waals surface area contributed by atoms with Crippen LogP contribution in [0.1, 0.15) is 65.2 Å². The molecule has 3 heteroatoms. The lowest BCUT2D eigenvalue weighted by Crippen LogP contribution is -2.38. The normalized spacial score (nSPS) is 22.3. The van der Waals surface area contributed by atoms with E-state index in [1.165, 1.54) is 58.0 Å². The molecule has 0 spiro atoms. The Labute approximate surface area is 118 Å². The van der Waals surface area contributed by atoms with Crippen LogP contribution >= 0.6 is 0 Å². The van der Waals surface area contributed by atoms with Gasteiger partial charge in [-0.15, -0.1) is 0 Å². The van der Waals surface area contributed by atoms with Crippen molar-refractivity contribution in [3.8, 4) is 0 Å². The molecule has 0 saturated carbocycles. The molecule has 1 saturated heterocycles. The summed E-state index contributed by atoms with van der Waals surface area (Å²) in [6.07, 6.45) is 9.46. The second-order valence-electron chi connectivity index (χ2n) is 6.19. The van der Waals surface area contributed by atoms with Gasteiger partial charge in [-0.3, -0.25) is 4.79 Å². The van der Waals surface area contributed by atoms with Gasteiger partial charge in [0.2, 0.25) is 0 Å². The Hall–Kier alpha value is -0.570. The maximum atomic E-state index is 10.8. The number of piperidine rings is 1. The maximum Gasteiger partial charge on any atom is 0.303 e. The van der Waals surface area contributed by atoms with Crippen LogP contribution in [-0.2, 0) is 4.79 Å². The highest BCUT2D eigenvalue weighted by Crippen LogP contribution is 2.26. The quantitative estimate of drug-likeness (QED) is 0.648. The predicted molar refractivity (Wildman–Crippen MR) is 79.3 cm³/mol. The van der Waals surface area contributed by atoms with E-state index >= 15 is 0 Å². The van der Waals surface area contributed by atoms with Crippen LogP contribution in [0.2, 0.25) is 0 Å². The van der Waals surface area contributed by atoms with E-state index in [9.17, 15) is 4.79 Å². The molecule has 1 rings (SSSR count). The summed E-state index contributed by atoms with van der Waals surface area (Å²) < 4.78 is 0. The van der Waals surface area contributed by atoms with Gasteiger partial charge in [-0.1, -0.05) is 39.5 Å². The van der Waals surface area contributed by atoms with Gasteiger partial charge in [0.25, 0.3) is 0 Å². The van der Waals surface area contributed by atoms with Gasteiger partial charge in [0.1, 0.15) is 0 Å². The molecule has 0 amide bonds. The topological polar surface area (TPSA) is 40.5 Å². The van der Waals surface area contributed by atoms with Gasteiger partial charge in [-0.25, -0.2) is 0 Å². The second-order valence-corrected chi connectivity index (χ2v) is 6.19. The van der Waals surface area contributed by atoms with Crippen LogP contribution in [-0.4, -0.2) is 35.6 Å². The van der Waals surface area contributed by atoms with E-state index in [1.807, 2.05) is 0 Å². The number of likely N-dealkylation sites (tertiary alicyclic amines) is 1. The van der Waals surface area contributed by atoms with Gasteiger partial charge >= 0.3 is 5.97 Å². The summed E-state index contributed by atoms with van der Waals surface area (Å²) in [5, 5.41) is 8.89. The van der Waals surface area contributed by atoms with E-state index in [0.717, 1.165) is 6.54 Å². The second kappa shape index (κ2) is 9.35. The lowest BCUT2D eigenvalue weighted by Gasteiger charge is -2.35. The highest BCUT2D eigenvalue weighted by Gasteiger charge is 2.25. The first kappa shape index (κ1) is 16.5. The van der Waals surface area contributed by atoms with Crippen molar-refractivity contribution in [2.75, 3.05) is 19.6 Å². The van der Waals surface area contributed by atoms with Crippen molar-refractivity contribution in [3.63, 3.8) is 0 Å². The molecule has 2 unspecified atom stereocenters. The number of carboxylic acid groups (broad SMARTS) is 1. The number of hydrogen-bond acceptors (Lipinski definition) is 2. The molecule has 3 nitrogen and oxygen atoms in total. The largest absolute Gasteiger partial charge is 0.481 e. The van der Waals surface area contributed by atoms with E-state index < -0.39 is 5.97 Å². The van der Waals surface area contributed by atoms with E-state index in [-0.39, 0.29) is 0 Å². The molecule has 0 bridgehead atoms. The van der Waals surface area contributed by atoms with Gasteiger partial charge in [0.05, 0.1) is 0 Å². The number of rotatable bonds is 9. The van der Waals surface area contributed by atoms with Crippen molar-refractivity contribution in [2.45, 2.75) is 65.2 Å². The number of hydrogen-bond donors (Lipinski definition) is 1. The van der Waals surface area contributed by atoms with Crippen LogP contribution < -0.4 is 0 Å². The fourth-order valence-electron chi connectivity index (χ4n) is 3.14. The smallest absolute Gasteiger partial charge is 0.303 e. The number of carbonyl (C=O) groups is 1. The number of nitrogens with zero attached hydrogens (tertiary/aromatic N) is 1. The zero-order chi connectivity index (χ0) is 14.1. The summed E-state index contributed by atoms with van der Waals surface area (Å²) in [6.45, 7) is 7.88. The number of aliphatic carboxylic acids is 1. The molecule has 1 aliphatic rings. The summed E-state index contributed by atoms with van der Waals surface area (Å²) in [7, 11) is 0. The van der Waals surface area contributed by atoms with Crippen molar-refractivity contribution >= 4 is 5.97 Å². The van der Waals surface area contributed by atoms with Crippen LogP contribution in [0.3, 0.4) is 0 Å². The molecule has 19 heavy (non-hydrogen) atoms. The van der Waals surface area contributed by atoms with E-state index in [1.54, 1.807) is 0 Å². The number of carboxylic acids is 1. The Morgan fingerprint density at radius 3 is 2.74 bits per heavy atom. The molecule has 0 aromatic rings. The Morgan fingerprint density at radius 2 is 2.05 bits per heavy atom. The third kappa shape index (κ3) is 6.95. The zero-order valence-corrected chi connectivity index (χ0v) is 12.7. The summed E-state index contributed by atoms with van der Waals surface area (Å²) in [5.41, 5.74) is 0. The monoisotopic (exact) mass is 269 g/mol. The van der Waals surface area contributed by atoms with Crippen LogP contribution in [0.15, 0.2) is 0 Å². The first-order valence-corrected chi connectivity index (χ1v) is 8.07. The fraction of sp³-hybridized carbons (Fsp3) is 0.938. The fourth-order valence-corrected chi connectivity index (χ4v) is 3.14. The molecule has 0 aliphatic carbocycles. The summed E-state index contributed by atoms with van der Waals surface area (Å²) in [6, 6.07) is 0. The average molecular weight is 269 g/mol. The minimum absolute atomic E-state index is 0.320. The Balaban J connectivity index is 2.20. The van der Waals surface area contributed by atoms with Crippen molar-refractivity contribution in [1.29, 1.82) is 0 Å². The maximum absolute atomic E-state index is 10.8. The van der Waals surface area contributed by atoms with Crippen molar-refractivity contribution in [1.82, 2.24) is 4.90 Å². The number of unbranched alkanes of at least 4 members (excludes halogenated alkanes) is 4. The molecule has 0 aromatic carbocycles. The van der Waals surface area contributed by atoms with Gasteiger partial charge < -0.3 is 10.0 Å². The third-order valence-corrected chi connectivity index (χ3v) is 4.42.